The van der Waals surface area contributed by atoms with Crippen LogP contribution in [0, 0.1) is 13.8 Å². The molecule has 0 fully saturated rings. The van der Waals surface area contributed by atoms with Crippen molar-refractivity contribution >= 4 is 17.7 Å². The lowest BCUT2D eigenvalue weighted by atomic mass is 10.1. The maximum atomic E-state index is 11.7. The van der Waals surface area contributed by atoms with E-state index in [1.165, 1.54) is 12.3 Å². The Kier molecular flexibility index (Phi) is 6.16. The van der Waals surface area contributed by atoms with Gasteiger partial charge in [0.1, 0.15) is 5.75 Å². The quantitative estimate of drug-likeness (QED) is 0.673. The highest BCUT2D eigenvalue weighted by atomic mass is 16.5. The van der Waals surface area contributed by atoms with Gasteiger partial charge in [-0.25, -0.2) is 0 Å². The molecule has 2 rings (SSSR count). The second kappa shape index (κ2) is 8.53. The SMILES string of the molecule is Cc1cccc(C)c1OCC(=O)NNC(=O)CNC(=O)c1ccco1. The topological polar surface area (TPSA) is 110 Å². The minimum atomic E-state index is -0.583. The first-order chi connectivity index (χ1) is 12.0. The summed E-state index contributed by atoms with van der Waals surface area (Å²) in [5.41, 5.74) is 6.23. The van der Waals surface area contributed by atoms with E-state index in [0.717, 1.165) is 11.1 Å². The predicted octanol–water partition coefficient (Wildman–Crippen LogP) is 0.853. The predicted molar refractivity (Wildman–Crippen MR) is 88.7 cm³/mol. The summed E-state index contributed by atoms with van der Waals surface area (Å²) in [5.74, 6) is -0.896. The Morgan fingerprint density at radius 1 is 1.00 bits per heavy atom. The summed E-state index contributed by atoms with van der Waals surface area (Å²) < 4.78 is 10.4. The van der Waals surface area contributed by atoms with E-state index in [1.807, 2.05) is 32.0 Å². The van der Waals surface area contributed by atoms with Crippen LogP contribution < -0.4 is 20.9 Å². The fourth-order valence-corrected chi connectivity index (χ4v) is 2.04. The van der Waals surface area contributed by atoms with Crippen LogP contribution in [0.4, 0.5) is 0 Å². The molecule has 0 saturated heterocycles. The lowest BCUT2D eigenvalue weighted by Gasteiger charge is -2.12. The van der Waals surface area contributed by atoms with E-state index in [2.05, 4.69) is 16.2 Å². The summed E-state index contributed by atoms with van der Waals surface area (Å²) in [7, 11) is 0. The van der Waals surface area contributed by atoms with Crippen LogP contribution >= 0.6 is 0 Å². The van der Waals surface area contributed by atoms with Gasteiger partial charge in [-0.3, -0.25) is 25.2 Å². The standard InChI is InChI=1S/C17H19N3O5/c1-11-5-3-6-12(2)16(11)25-10-15(22)20-19-14(21)9-18-17(23)13-7-4-8-24-13/h3-8H,9-10H2,1-2H3,(H,18,23)(H,19,21)(H,20,22). The van der Waals surface area contributed by atoms with Crippen LogP contribution in [-0.4, -0.2) is 30.9 Å². The summed E-state index contributed by atoms with van der Waals surface area (Å²) >= 11 is 0. The Morgan fingerprint density at radius 2 is 1.68 bits per heavy atom. The molecule has 8 heteroatoms. The van der Waals surface area contributed by atoms with E-state index in [1.54, 1.807) is 6.07 Å². The zero-order chi connectivity index (χ0) is 18.2. The third-order valence-corrected chi connectivity index (χ3v) is 3.25. The number of para-hydroxylation sites is 1. The average Bonchev–Trinajstić information content (AvgIpc) is 3.12. The summed E-state index contributed by atoms with van der Waals surface area (Å²) in [4.78, 5) is 34.9. The van der Waals surface area contributed by atoms with Crippen LogP contribution in [0.15, 0.2) is 41.0 Å². The van der Waals surface area contributed by atoms with Gasteiger partial charge in [-0.05, 0) is 37.1 Å². The summed E-state index contributed by atoms with van der Waals surface area (Å²) in [6, 6.07) is 8.69. The Hall–Kier alpha value is -3.29. The van der Waals surface area contributed by atoms with Crippen LogP contribution in [0.3, 0.4) is 0 Å². The van der Waals surface area contributed by atoms with E-state index in [0.29, 0.717) is 5.75 Å². The van der Waals surface area contributed by atoms with Gasteiger partial charge in [-0.1, -0.05) is 18.2 Å². The number of hydrazine groups is 1. The number of ether oxygens (including phenoxy) is 1. The third-order valence-electron chi connectivity index (χ3n) is 3.25. The summed E-state index contributed by atoms with van der Waals surface area (Å²) in [6.45, 7) is 3.20. The maximum Gasteiger partial charge on any atom is 0.287 e. The Balaban J connectivity index is 1.69. The van der Waals surface area contributed by atoms with Crippen molar-refractivity contribution in [2.75, 3.05) is 13.2 Å². The number of nitrogens with one attached hydrogen (secondary N) is 3. The molecule has 0 atom stereocenters. The van der Waals surface area contributed by atoms with Gasteiger partial charge in [0.15, 0.2) is 12.4 Å². The summed E-state index contributed by atoms with van der Waals surface area (Å²) in [6.07, 6.45) is 1.35. The van der Waals surface area contributed by atoms with Gasteiger partial charge in [0.05, 0.1) is 12.8 Å². The van der Waals surface area contributed by atoms with Gasteiger partial charge >= 0.3 is 0 Å². The molecule has 0 radical (unpaired) electrons. The Bertz CT molecular complexity index is 735. The molecule has 25 heavy (non-hydrogen) atoms. The van der Waals surface area contributed by atoms with Crippen molar-refractivity contribution in [3.8, 4) is 5.75 Å². The number of hydrogen-bond donors (Lipinski definition) is 3. The molecule has 0 aliphatic heterocycles. The van der Waals surface area contributed by atoms with Crippen LogP contribution in [0.2, 0.25) is 0 Å². The van der Waals surface area contributed by atoms with E-state index < -0.39 is 17.7 Å². The van der Waals surface area contributed by atoms with Crippen LogP contribution in [0.25, 0.3) is 0 Å². The first-order valence-electron chi connectivity index (χ1n) is 7.56. The molecule has 8 nitrogen and oxygen atoms in total. The number of benzene rings is 1. The molecule has 1 heterocycles. The number of carbonyl (C=O) groups is 3. The van der Waals surface area contributed by atoms with E-state index in [9.17, 15) is 14.4 Å². The molecule has 3 amide bonds. The molecule has 2 aromatic rings. The number of amides is 3. The molecule has 0 spiro atoms. The monoisotopic (exact) mass is 345 g/mol. The fraction of sp³-hybridized carbons (Fsp3) is 0.235. The third kappa shape index (κ3) is 5.38. The van der Waals surface area contributed by atoms with Crippen LogP contribution in [0.1, 0.15) is 21.7 Å². The van der Waals surface area contributed by atoms with E-state index >= 15 is 0 Å². The van der Waals surface area contributed by atoms with Crippen LogP contribution in [0.5, 0.6) is 5.75 Å². The van der Waals surface area contributed by atoms with Crippen molar-refractivity contribution in [1.82, 2.24) is 16.2 Å². The number of aryl methyl sites for hydroxylation is 2. The molecule has 1 aromatic carbocycles. The largest absolute Gasteiger partial charge is 0.483 e. The molecule has 0 unspecified atom stereocenters. The zero-order valence-electron chi connectivity index (χ0n) is 13.9. The molecule has 0 saturated carbocycles. The molecular weight excluding hydrogens is 326 g/mol. The Morgan fingerprint density at radius 3 is 2.32 bits per heavy atom. The van der Waals surface area contributed by atoms with Crippen molar-refractivity contribution in [2.45, 2.75) is 13.8 Å². The fourth-order valence-electron chi connectivity index (χ4n) is 2.04. The first kappa shape index (κ1) is 18.1. The number of rotatable bonds is 6. The molecular formula is C17H19N3O5. The normalized spacial score (nSPS) is 10.0. The zero-order valence-corrected chi connectivity index (χ0v) is 13.9. The first-order valence-corrected chi connectivity index (χ1v) is 7.56. The van der Waals surface area contributed by atoms with Crippen molar-refractivity contribution in [2.24, 2.45) is 0 Å². The molecule has 0 bridgehead atoms. The van der Waals surface area contributed by atoms with Gasteiger partial charge < -0.3 is 14.5 Å². The molecule has 132 valence electrons. The van der Waals surface area contributed by atoms with E-state index in [-0.39, 0.29) is 18.9 Å². The van der Waals surface area contributed by atoms with Gasteiger partial charge in [-0.15, -0.1) is 0 Å². The second-order valence-corrected chi connectivity index (χ2v) is 5.27. The Labute approximate surface area is 144 Å². The molecule has 0 aliphatic rings. The average molecular weight is 345 g/mol. The lowest BCUT2D eigenvalue weighted by Crippen LogP contribution is -2.47. The second-order valence-electron chi connectivity index (χ2n) is 5.27. The van der Waals surface area contributed by atoms with Crippen molar-refractivity contribution in [1.29, 1.82) is 0 Å². The molecule has 0 aliphatic carbocycles. The van der Waals surface area contributed by atoms with Gasteiger partial charge in [0, 0.05) is 0 Å². The van der Waals surface area contributed by atoms with Crippen molar-refractivity contribution < 1.29 is 23.5 Å². The number of hydrogen-bond acceptors (Lipinski definition) is 5. The molecule has 3 N–H and O–H groups in total. The van der Waals surface area contributed by atoms with Gasteiger partial charge in [-0.2, -0.15) is 0 Å². The highest BCUT2D eigenvalue weighted by Gasteiger charge is 2.11. The van der Waals surface area contributed by atoms with Crippen LogP contribution in [-0.2, 0) is 9.59 Å². The minimum absolute atomic E-state index is 0.0961. The maximum absolute atomic E-state index is 11.7. The number of furan rings is 1. The van der Waals surface area contributed by atoms with Crippen molar-refractivity contribution in [3.63, 3.8) is 0 Å². The molecule has 1 aromatic heterocycles. The lowest BCUT2D eigenvalue weighted by molar-refractivity contribution is -0.129. The minimum Gasteiger partial charge on any atom is -0.483 e. The van der Waals surface area contributed by atoms with Gasteiger partial charge in [0.25, 0.3) is 17.7 Å². The number of carbonyl (C=O) groups excluding carboxylic acids is 3. The van der Waals surface area contributed by atoms with E-state index in [4.69, 9.17) is 9.15 Å². The smallest absolute Gasteiger partial charge is 0.287 e. The highest BCUT2D eigenvalue weighted by Crippen LogP contribution is 2.21. The summed E-state index contributed by atoms with van der Waals surface area (Å²) in [5, 5.41) is 2.35. The van der Waals surface area contributed by atoms with Gasteiger partial charge in [0.2, 0.25) is 0 Å². The highest BCUT2D eigenvalue weighted by molar-refractivity contribution is 5.94. The van der Waals surface area contributed by atoms with Crippen molar-refractivity contribution in [3.05, 3.63) is 53.5 Å².